The Labute approximate surface area is 112 Å². The molecule has 0 spiro atoms. The van der Waals surface area contributed by atoms with Crippen LogP contribution in [0.25, 0.3) is 11.2 Å². The molecule has 0 bridgehead atoms. The van der Waals surface area contributed by atoms with Crippen LogP contribution in [0.1, 0.15) is 0 Å². The molecule has 2 heterocycles. The maximum absolute atomic E-state index is 12.9. The zero-order chi connectivity index (χ0) is 13.2. The molecule has 0 amide bonds. The lowest BCUT2D eigenvalue weighted by atomic mass is 10.4. The van der Waals surface area contributed by atoms with Crippen molar-refractivity contribution in [2.24, 2.45) is 0 Å². The molecule has 5 nitrogen and oxygen atoms in total. The van der Waals surface area contributed by atoms with E-state index in [9.17, 15) is 4.39 Å². The first kappa shape index (κ1) is 11.9. The molecule has 0 fully saturated rings. The zero-order valence-corrected chi connectivity index (χ0v) is 10.8. The fourth-order valence-corrected chi connectivity index (χ4v) is 2.49. The van der Waals surface area contributed by atoms with E-state index in [1.807, 2.05) is 0 Å². The van der Waals surface area contributed by atoms with Crippen molar-refractivity contribution >= 4 is 28.9 Å². The van der Waals surface area contributed by atoms with Gasteiger partial charge in [0, 0.05) is 11.9 Å². The third-order valence-electron chi connectivity index (χ3n) is 2.50. The lowest BCUT2D eigenvalue weighted by molar-refractivity contribution is 0.626. The average molecular weight is 275 g/mol. The first-order valence-electron chi connectivity index (χ1n) is 5.58. The van der Waals surface area contributed by atoms with Gasteiger partial charge >= 0.3 is 0 Å². The van der Waals surface area contributed by atoms with Crippen LogP contribution >= 0.6 is 11.8 Å². The quantitative estimate of drug-likeness (QED) is 0.719. The predicted molar refractivity (Wildman–Crippen MR) is 71.8 cm³/mol. The number of benzene rings is 1. The van der Waals surface area contributed by atoms with Gasteiger partial charge in [-0.25, -0.2) is 14.4 Å². The summed E-state index contributed by atoms with van der Waals surface area (Å²) in [6, 6.07) is 6.27. The van der Waals surface area contributed by atoms with E-state index in [0.29, 0.717) is 11.6 Å². The highest BCUT2D eigenvalue weighted by Crippen LogP contribution is 2.30. The van der Waals surface area contributed by atoms with E-state index in [4.69, 9.17) is 0 Å². The van der Waals surface area contributed by atoms with Crippen molar-refractivity contribution in [3.8, 4) is 0 Å². The molecule has 0 aliphatic rings. The maximum atomic E-state index is 12.9. The van der Waals surface area contributed by atoms with Crippen molar-refractivity contribution in [1.29, 1.82) is 0 Å². The molecule has 1 aromatic carbocycles. The zero-order valence-electron chi connectivity index (χ0n) is 10.0. The number of hydrogen-bond donors (Lipinski definition) is 2. The largest absolute Gasteiger partial charge is 0.357 e. The second kappa shape index (κ2) is 4.85. The number of aromatic amines is 1. The van der Waals surface area contributed by atoms with E-state index in [1.165, 1.54) is 23.9 Å². The lowest BCUT2D eigenvalue weighted by Gasteiger charge is -2.04. The summed E-state index contributed by atoms with van der Waals surface area (Å²) in [7, 11) is 1.75. The van der Waals surface area contributed by atoms with Crippen molar-refractivity contribution in [3.05, 3.63) is 36.4 Å². The maximum Gasteiger partial charge on any atom is 0.225 e. The van der Waals surface area contributed by atoms with Gasteiger partial charge in [0.15, 0.2) is 5.65 Å². The SMILES string of the molecule is CNc1nc(Sc2ccc(F)cc2)c2[nH]cnc2n1. The van der Waals surface area contributed by atoms with Crippen LogP contribution in [0, 0.1) is 5.82 Å². The van der Waals surface area contributed by atoms with Gasteiger partial charge in [-0.15, -0.1) is 0 Å². The number of rotatable bonds is 3. The Bertz CT molecular complexity index is 710. The summed E-state index contributed by atoms with van der Waals surface area (Å²) in [6.45, 7) is 0. The van der Waals surface area contributed by atoms with Gasteiger partial charge in [-0.2, -0.15) is 4.98 Å². The van der Waals surface area contributed by atoms with Crippen molar-refractivity contribution in [2.45, 2.75) is 9.92 Å². The first-order chi connectivity index (χ1) is 9.26. The van der Waals surface area contributed by atoms with Crippen molar-refractivity contribution in [1.82, 2.24) is 19.9 Å². The summed E-state index contributed by atoms with van der Waals surface area (Å²) in [5, 5.41) is 3.64. The monoisotopic (exact) mass is 275 g/mol. The predicted octanol–water partition coefficient (Wildman–Crippen LogP) is 2.68. The molecule has 0 unspecified atom stereocenters. The minimum Gasteiger partial charge on any atom is -0.357 e. The van der Waals surface area contributed by atoms with Gasteiger partial charge < -0.3 is 10.3 Å². The second-order valence-electron chi connectivity index (χ2n) is 3.76. The van der Waals surface area contributed by atoms with Crippen LogP contribution in [0.5, 0.6) is 0 Å². The number of hydrogen-bond acceptors (Lipinski definition) is 5. The summed E-state index contributed by atoms with van der Waals surface area (Å²) in [5.74, 6) is 0.249. The van der Waals surface area contributed by atoms with Crippen molar-refractivity contribution in [3.63, 3.8) is 0 Å². The number of imidazole rings is 1. The minimum absolute atomic E-state index is 0.255. The van der Waals surface area contributed by atoms with Crippen LogP contribution in [-0.2, 0) is 0 Å². The molecule has 0 saturated carbocycles. The van der Waals surface area contributed by atoms with Crippen LogP contribution in [-0.4, -0.2) is 27.0 Å². The van der Waals surface area contributed by atoms with E-state index in [1.54, 1.807) is 25.5 Å². The molecule has 0 aliphatic heterocycles. The number of nitrogens with one attached hydrogen (secondary N) is 2. The molecule has 96 valence electrons. The number of anilines is 1. The molecule has 3 aromatic rings. The first-order valence-corrected chi connectivity index (χ1v) is 6.40. The summed E-state index contributed by atoms with van der Waals surface area (Å²) in [6.07, 6.45) is 1.58. The highest BCUT2D eigenvalue weighted by atomic mass is 32.2. The Morgan fingerprint density at radius 2 is 2.00 bits per heavy atom. The summed E-state index contributed by atoms with van der Waals surface area (Å²) < 4.78 is 12.9. The summed E-state index contributed by atoms with van der Waals surface area (Å²) in [5.41, 5.74) is 1.37. The fourth-order valence-electron chi connectivity index (χ4n) is 1.61. The van der Waals surface area contributed by atoms with E-state index in [-0.39, 0.29) is 5.82 Å². The molecule has 19 heavy (non-hydrogen) atoms. The van der Waals surface area contributed by atoms with Gasteiger partial charge in [0.1, 0.15) is 16.4 Å². The lowest BCUT2D eigenvalue weighted by Crippen LogP contribution is -1.98. The van der Waals surface area contributed by atoms with Gasteiger partial charge in [-0.3, -0.25) is 0 Å². The topological polar surface area (TPSA) is 66.5 Å². The van der Waals surface area contributed by atoms with E-state index < -0.39 is 0 Å². The molecule has 0 aliphatic carbocycles. The molecule has 2 aromatic heterocycles. The summed E-state index contributed by atoms with van der Waals surface area (Å²) >= 11 is 1.43. The van der Waals surface area contributed by atoms with Crippen LogP contribution < -0.4 is 5.32 Å². The van der Waals surface area contributed by atoms with Crippen LogP contribution in [0.4, 0.5) is 10.3 Å². The van der Waals surface area contributed by atoms with Gasteiger partial charge in [0.2, 0.25) is 5.95 Å². The minimum atomic E-state index is -0.255. The van der Waals surface area contributed by atoms with Crippen LogP contribution in [0.15, 0.2) is 40.5 Å². The Morgan fingerprint density at radius 3 is 2.74 bits per heavy atom. The van der Waals surface area contributed by atoms with Gasteiger partial charge in [-0.05, 0) is 24.3 Å². The third-order valence-corrected chi connectivity index (χ3v) is 3.50. The number of halogens is 1. The highest BCUT2D eigenvalue weighted by Gasteiger charge is 2.10. The molecular formula is C12H10FN5S. The molecule has 0 saturated heterocycles. The van der Waals surface area contributed by atoms with Crippen molar-refractivity contribution in [2.75, 3.05) is 12.4 Å². The average Bonchev–Trinajstić information content (AvgIpc) is 2.89. The Morgan fingerprint density at radius 1 is 1.21 bits per heavy atom. The van der Waals surface area contributed by atoms with E-state index in [2.05, 4.69) is 25.3 Å². The van der Waals surface area contributed by atoms with E-state index in [0.717, 1.165) is 15.4 Å². The standard InChI is InChI=1S/C12H10FN5S/c1-14-12-17-10-9(15-6-16-10)11(18-12)19-8-4-2-7(13)3-5-8/h2-6H,1H3,(H2,14,15,16,17,18). The number of H-pyrrole nitrogens is 1. The van der Waals surface area contributed by atoms with Crippen LogP contribution in [0.2, 0.25) is 0 Å². The number of aromatic nitrogens is 4. The van der Waals surface area contributed by atoms with Gasteiger partial charge in [0.25, 0.3) is 0 Å². The van der Waals surface area contributed by atoms with Gasteiger partial charge in [-0.1, -0.05) is 11.8 Å². The molecule has 7 heteroatoms. The molecular weight excluding hydrogens is 265 g/mol. The molecule has 2 N–H and O–H groups in total. The Balaban J connectivity index is 2.03. The molecule has 0 radical (unpaired) electrons. The smallest absolute Gasteiger partial charge is 0.225 e. The third kappa shape index (κ3) is 2.37. The molecule has 3 rings (SSSR count). The summed E-state index contributed by atoms with van der Waals surface area (Å²) in [4.78, 5) is 16.7. The fraction of sp³-hybridized carbons (Fsp3) is 0.0833. The van der Waals surface area contributed by atoms with Crippen LogP contribution in [0.3, 0.4) is 0 Å². The van der Waals surface area contributed by atoms with Gasteiger partial charge in [0.05, 0.1) is 6.33 Å². The number of nitrogens with zero attached hydrogens (tertiary/aromatic N) is 3. The van der Waals surface area contributed by atoms with Crippen molar-refractivity contribution < 1.29 is 4.39 Å². The molecule has 0 atom stereocenters. The Kier molecular flexibility index (Phi) is 3.04. The second-order valence-corrected chi connectivity index (χ2v) is 4.82. The highest BCUT2D eigenvalue weighted by molar-refractivity contribution is 7.99. The normalized spacial score (nSPS) is 10.8. The Hall–Kier alpha value is -2.15. The van der Waals surface area contributed by atoms with E-state index >= 15 is 0 Å². The number of fused-ring (bicyclic) bond motifs is 1.